The summed E-state index contributed by atoms with van der Waals surface area (Å²) in [5, 5.41) is 6.51. The van der Waals surface area contributed by atoms with E-state index in [2.05, 4.69) is 10.4 Å². The Labute approximate surface area is 70.5 Å². The molecule has 5 heteroatoms. The van der Waals surface area contributed by atoms with E-state index in [9.17, 15) is 4.79 Å². The van der Waals surface area contributed by atoms with Crippen molar-refractivity contribution in [1.29, 1.82) is 0 Å². The van der Waals surface area contributed by atoms with Gasteiger partial charge in [0.05, 0.1) is 11.4 Å². The van der Waals surface area contributed by atoms with E-state index in [0.717, 1.165) is 0 Å². The van der Waals surface area contributed by atoms with E-state index in [4.69, 9.17) is 5.73 Å². The number of anilines is 1. The molecule has 1 amide bonds. The number of nitrogens with zero attached hydrogens (tertiary/aromatic N) is 2. The SMILES string of the molecule is CNC(=O)c1c(N)c(C)nn1C. The molecule has 0 saturated heterocycles. The molecule has 3 N–H and O–H groups in total. The lowest BCUT2D eigenvalue weighted by Crippen LogP contribution is -2.22. The van der Waals surface area contributed by atoms with Crippen LogP contribution in [0.3, 0.4) is 0 Å². The second kappa shape index (κ2) is 2.84. The zero-order valence-corrected chi connectivity index (χ0v) is 7.38. The lowest BCUT2D eigenvalue weighted by atomic mass is 10.3. The molecule has 0 aromatic carbocycles. The number of rotatable bonds is 1. The summed E-state index contributed by atoms with van der Waals surface area (Å²) in [5.41, 5.74) is 7.17. The minimum absolute atomic E-state index is 0.212. The molecule has 12 heavy (non-hydrogen) atoms. The Bertz CT molecular complexity index is 315. The number of nitrogens with two attached hydrogens (primary N) is 1. The third kappa shape index (κ3) is 1.13. The summed E-state index contributed by atoms with van der Waals surface area (Å²) in [4.78, 5) is 11.2. The lowest BCUT2D eigenvalue weighted by molar-refractivity contribution is 0.0954. The van der Waals surface area contributed by atoms with Crippen LogP contribution in [-0.4, -0.2) is 22.7 Å². The number of nitrogen functional groups attached to an aromatic ring is 1. The summed E-state index contributed by atoms with van der Waals surface area (Å²) in [7, 11) is 3.25. The number of amides is 1. The first kappa shape index (κ1) is 8.58. The van der Waals surface area contributed by atoms with Crippen LogP contribution in [0.25, 0.3) is 0 Å². The highest BCUT2D eigenvalue weighted by Crippen LogP contribution is 2.14. The van der Waals surface area contributed by atoms with E-state index in [1.807, 2.05) is 0 Å². The van der Waals surface area contributed by atoms with Crippen LogP contribution in [0.1, 0.15) is 16.2 Å². The van der Waals surface area contributed by atoms with E-state index in [1.165, 1.54) is 4.68 Å². The van der Waals surface area contributed by atoms with Crippen molar-refractivity contribution in [3.63, 3.8) is 0 Å². The molecule has 0 saturated carbocycles. The molecule has 0 unspecified atom stereocenters. The quantitative estimate of drug-likeness (QED) is 0.603. The molecule has 0 aliphatic carbocycles. The van der Waals surface area contributed by atoms with E-state index < -0.39 is 0 Å². The maximum Gasteiger partial charge on any atom is 0.271 e. The molecule has 1 rings (SSSR count). The first-order valence-corrected chi connectivity index (χ1v) is 3.59. The molecule has 1 aromatic rings. The van der Waals surface area contributed by atoms with Crippen LogP contribution in [0.15, 0.2) is 0 Å². The average Bonchev–Trinajstić information content (AvgIpc) is 2.26. The highest BCUT2D eigenvalue weighted by atomic mass is 16.1. The topological polar surface area (TPSA) is 72.9 Å². The van der Waals surface area contributed by atoms with Crippen LogP contribution in [-0.2, 0) is 7.05 Å². The van der Waals surface area contributed by atoms with Gasteiger partial charge < -0.3 is 11.1 Å². The van der Waals surface area contributed by atoms with Crippen molar-refractivity contribution >= 4 is 11.6 Å². The van der Waals surface area contributed by atoms with Crippen LogP contribution in [0, 0.1) is 6.92 Å². The molecule has 0 aliphatic heterocycles. The van der Waals surface area contributed by atoms with Gasteiger partial charge in [0, 0.05) is 14.1 Å². The van der Waals surface area contributed by atoms with Crippen molar-refractivity contribution in [1.82, 2.24) is 15.1 Å². The van der Waals surface area contributed by atoms with Crippen molar-refractivity contribution in [2.75, 3.05) is 12.8 Å². The van der Waals surface area contributed by atoms with Crippen molar-refractivity contribution in [2.24, 2.45) is 7.05 Å². The van der Waals surface area contributed by atoms with Gasteiger partial charge in [0.25, 0.3) is 5.91 Å². The smallest absolute Gasteiger partial charge is 0.271 e. The predicted molar refractivity (Wildman–Crippen MR) is 45.7 cm³/mol. The van der Waals surface area contributed by atoms with Crippen LogP contribution < -0.4 is 11.1 Å². The van der Waals surface area contributed by atoms with Crippen LogP contribution in [0.2, 0.25) is 0 Å². The Kier molecular flexibility index (Phi) is 2.03. The number of aromatic nitrogens is 2. The number of hydrogen-bond acceptors (Lipinski definition) is 3. The van der Waals surface area contributed by atoms with E-state index in [-0.39, 0.29) is 5.91 Å². The summed E-state index contributed by atoms with van der Waals surface area (Å²) in [6, 6.07) is 0. The van der Waals surface area contributed by atoms with Crippen molar-refractivity contribution in [2.45, 2.75) is 6.92 Å². The second-order valence-electron chi connectivity index (χ2n) is 2.55. The monoisotopic (exact) mass is 168 g/mol. The van der Waals surface area contributed by atoms with Crippen LogP contribution in [0.4, 0.5) is 5.69 Å². The molecule has 1 aromatic heterocycles. The zero-order chi connectivity index (χ0) is 9.30. The minimum atomic E-state index is -0.212. The molecular formula is C7H12N4O. The molecule has 66 valence electrons. The number of carbonyl (C=O) groups is 1. The normalized spacial score (nSPS) is 9.92. The maximum absolute atomic E-state index is 11.2. The number of carbonyl (C=O) groups excluding carboxylic acids is 1. The molecule has 0 spiro atoms. The highest BCUT2D eigenvalue weighted by Gasteiger charge is 2.15. The highest BCUT2D eigenvalue weighted by molar-refractivity contribution is 5.97. The fraction of sp³-hybridized carbons (Fsp3) is 0.429. The van der Waals surface area contributed by atoms with Gasteiger partial charge in [-0.25, -0.2) is 0 Å². The Balaban J connectivity index is 3.22. The summed E-state index contributed by atoms with van der Waals surface area (Å²) in [6.07, 6.45) is 0. The third-order valence-corrected chi connectivity index (χ3v) is 1.71. The number of nitrogens with one attached hydrogen (secondary N) is 1. The Morgan fingerprint density at radius 2 is 2.25 bits per heavy atom. The molecular weight excluding hydrogens is 156 g/mol. The van der Waals surface area contributed by atoms with Gasteiger partial charge in [0.2, 0.25) is 0 Å². The first-order chi connectivity index (χ1) is 5.57. The summed E-state index contributed by atoms with van der Waals surface area (Å²) < 4.78 is 1.48. The summed E-state index contributed by atoms with van der Waals surface area (Å²) in [5.74, 6) is -0.212. The van der Waals surface area contributed by atoms with Gasteiger partial charge >= 0.3 is 0 Å². The van der Waals surface area contributed by atoms with E-state index in [0.29, 0.717) is 17.1 Å². The van der Waals surface area contributed by atoms with Crippen molar-refractivity contribution in [3.8, 4) is 0 Å². The fourth-order valence-corrected chi connectivity index (χ4v) is 1.06. The van der Waals surface area contributed by atoms with Gasteiger partial charge in [0.15, 0.2) is 0 Å². The third-order valence-electron chi connectivity index (χ3n) is 1.71. The molecule has 1 heterocycles. The molecule has 0 atom stereocenters. The van der Waals surface area contributed by atoms with Gasteiger partial charge in [-0.3, -0.25) is 9.48 Å². The molecule has 0 bridgehead atoms. The summed E-state index contributed by atoms with van der Waals surface area (Å²) >= 11 is 0. The van der Waals surface area contributed by atoms with Gasteiger partial charge in [-0.1, -0.05) is 0 Å². The Morgan fingerprint density at radius 3 is 2.58 bits per heavy atom. The Hall–Kier alpha value is -1.52. The largest absolute Gasteiger partial charge is 0.395 e. The Morgan fingerprint density at radius 1 is 1.67 bits per heavy atom. The minimum Gasteiger partial charge on any atom is -0.395 e. The molecule has 0 radical (unpaired) electrons. The van der Waals surface area contributed by atoms with Gasteiger partial charge in [-0.15, -0.1) is 0 Å². The predicted octanol–water partition coefficient (Wildman–Crippen LogP) is -0.330. The van der Waals surface area contributed by atoms with Gasteiger partial charge in [0.1, 0.15) is 5.69 Å². The van der Waals surface area contributed by atoms with Crippen LogP contribution >= 0.6 is 0 Å². The van der Waals surface area contributed by atoms with Crippen molar-refractivity contribution < 1.29 is 4.79 Å². The average molecular weight is 168 g/mol. The zero-order valence-electron chi connectivity index (χ0n) is 7.38. The van der Waals surface area contributed by atoms with Crippen LogP contribution in [0.5, 0.6) is 0 Å². The first-order valence-electron chi connectivity index (χ1n) is 3.59. The molecule has 0 fully saturated rings. The summed E-state index contributed by atoms with van der Waals surface area (Å²) in [6.45, 7) is 1.77. The standard InChI is InChI=1S/C7H12N4O/c1-4-5(8)6(7(12)9-2)11(3)10-4/h8H2,1-3H3,(H,9,12). The maximum atomic E-state index is 11.2. The lowest BCUT2D eigenvalue weighted by Gasteiger charge is -2.00. The number of aryl methyl sites for hydroxylation is 2. The van der Waals surface area contributed by atoms with E-state index in [1.54, 1.807) is 21.0 Å². The second-order valence-corrected chi connectivity index (χ2v) is 2.55. The number of hydrogen-bond donors (Lipinski definition) is 2. The molecule has 5 nitrogen and oxygen atoms in total. The van der Waals surface area contributed by atoms with Gasteiger partial charge in [-0.05, 0) is 6.92 Å². The van der Waals surface area contributed by atoms with Crippen molar-refractivity contribution in [3.05, 3.63) is 11.4 Å². The van der Waals surface area contributed by atoms with Gasteiger partial charge in [-0.2, -0.15) is 5.10 Å². The fourth-order valence-electron chi connectivity index (χ4n) is 1.06. The van der Waals surface area contributed by atoms with E-state index >= 15 is 0 Å². The molecule has 0 aliphatic rings.